The highest BCUT2D eigenvalue weighted by Gasteiger charge is 2.17. The summed E-state index contributed by atoms with van der Waals surface area (Å²) in [6.07, 6.45) is 11.7. The molecule has 1 aromatic heterocycles. The second-order valence-electron chi connectivity index (χ2n) is 5.37. The fourth-order valence-electron chi connectivity index (χ4n) is 2.77. The number of hydrazine groups is 1. The van der Waals surface area contributed by atoms with Crippen molar-refractivity contribution in [3.8, 4) is 0 Å². The molecule has 1 heterocycles. The van der Waals surface area contributed by atoms with Crippen LogP contribution in [0.3, 0.4) is 0 Å². The van der Waals surface area contributed by atoms with Gasteiger partial charge >= 0.3 is 0 Å². The number of unbranched alkanes of at least 4 members (excludes halogenated alkanes) is 2. The van der Waals surface area contributed by atoms with Gasteiger partial charge in [-0.2, -0.15) is 0 Å². The summed E-state index contributed by atoms with van der Waals surface area (Å²) in [5.41, 5.74) is 4.61. The fraction of sp³-hybridized carbons (Fsp3) is 0.733. The quantitative estimate of drug-likeness (QED) is 0.352. The van der Waals surface area contributed by atoms with E-state index in [0.29, 0.717) is 6.04 Å². The number of rotatable bonds is 6. The SMILES string of the molecule is CCCCCC(NN)c1cc2c(s1)CCCCC2. The predicted molar refractivity (Wildman–Crippen MR) is 79.8 cm³/mol. The maximum Gasteiger partial charge on any atom is 0.0553 e. The van der Waals surface area contributed by atoms with Crippen molar-refractivity contribution >= 4 is 11.3 Å². The van der Waals surface area contributed by atoms with Crippen molar-refractivity contribution in [2.45, 2.75) is 70.8 Å². The maximum atomic E-state index is 5.73. The molecule has 0 amide bonds. The van der Waals surface area contributed by atoms with Crippen LogP contribution in [-0.2, 0) is 12.8 Å². The summed E-state index contributed by atoms with van der Waals surface area (Å²) < 4.78 is 0. The molecule has 1 aliphatic rings. The van der Waals surface area contributed by atoms with Crippen LogP contribution >= 0.6 is 11.3 Å². The monoisotopic (exact) mass is 266 g/mol. The van der Waals surface area contributed by atoms with Crippen molar-refractivity contribution < 1.29 is 0 Å². The van der Waals surface area contributed by atoms with E-state index in [1.807, 2.05) is 11.3 Å². The topological polar surface area (TPSA) is 38.0 Å². The van der Waals surface area contributed by atoms with Gasteiger partial charge in [0.1, 0.15) is 0 Å². The lowest BCUT2D eigenvalue weighted by molar-refractivity contribution is 0.493. The minimum Gasteiger partial charge on any atom is -0.271 e. The average Bonchev–Trinajstić information content (AvgIpc) is 2.66. The number of hydrogen-bond acceptors (Lipinski definition) is 3. The lowest BCUT2D eigenvalue weighted by Crippen LogP contribution is -2.27. The Morgan fingerprint density at radius 3 is 2.89 bits per heavy atom. The van der Waals surface area contributed by atoms with E-state index in [0.717, 1.165) is 0 Å². The number of nitrogens with one attached hydrogen (secondary N) is 1. The van der Waals surface area contributed by atoms with E-state index in [9.17, 15) is 0 Å². The molecule has 1 aromatic rings. The Hall–Kier alpha value is -0.380. The fourth-order valence-corrected chi connectivity index (χ4v) is 4.12. The van der Waals surface area contributed by atoms with Gasteiger partial charge < -0.3 is 0 Å². The van der Waals surface area contributed by atoms with E-state index in [4.69, 9.17) is 5.84 Å². The van der Waals surface area contributed by atoms with E-state index in [1.54, 1.807) is 10.4 Å². The Morgan fingerprint density at radius 1 is 1.28 bits per heavy atom. The third kappa shape index (κ3) is 3.56. The van der Waals surface area contributed by atoms with E-state index < -0.39 is 0 Å². The summed E-state index contributed by atoms with van der Waals surface area (Å²) in [5, 5.41) is 0. The Balaban J connectivity index is 2.02. The first-order valence-electron chi connectivity index (χ1n) is 7.42. The highest BCUT2D eigenvalue weighted by Crippen LogP contribution is 2.33. The smallest absolute Gasteiger partial charge is 0.0553 e. The molecule has 1 atom stereocenters. The van der Waals surface area contributed by atoms with Gasteiger partial charge in [0.25, 0.3) is 0 Å². The summed E-state index contributed by atoms with van der Waals surface area (Å²) in [5.74, 6) is 5.73. The Kier molecular flexibility index (Phi) is 5.67. The molecule has 18 heavy (non-hydrogen) atoms. The van der Waals surface area contributed by atoms with Gasteiger partial charge in [-0.3, -0.25) is 11.3 Å². The van der Waals surface area contributed by atoms with Crippen LogP contribution in [0.1, 0.15) is 73.2 Å². The zero-order valence-corrected chi connectivity index (χ0v) is 12.3. The minimum atomic E-state index is 0.369. The van der Waals surface area contributed by atoms with E-state index >= 15 is 0 Å². The van der Waals surface area contributed by atoms with Crippen molar-refractivity contribution in [3.63, 3.8) is 0 Å². The van der Waals surface area contributed by atoms with Gasteiger partial charge in [0, 0.05) is 9.75 Å². The second kappa shape index (κ2) is 7.27. The van der Waals surface area contributed by atoms with Gasteiger partial charge in [-0.25, -0.2) is 0 Å². The van der Waals surface area contributed by atoms with Crippen LogP contribution in [0, 0.1) is 0 Å². The van der Waals surface area contributed by atoms with Crippen molar-refractivity contribution in [1.29, 1.82) is 0 Å². The standard InChI is InChI=1S/C15H26N2S/c1-2-3-5-9-13(17-16)15-11-12-8-6-4-7-10-14(12)18-15/h11,13,17H,2-10,16H2,1H3. The molecule has 1 unspecified atom stereocenters. The van der Waals surface area contributed by atoms with Crippen LogP contribution in [0.4, 0.5) is 0 Å². The molecule has 0 saturated carbocycles. The van der Waals surface area contributed by atoms with Crippen LogP contribution in [0.2, 0.25) is 0 Å². The largest absolute Gasteiger partial charge is 0.271 e. The van der Waals surface area contributed by atoms with Gasteiger partial charge in [-0.05, 0) is 43.7 Å². The first-order chi connectivity index (χ1) is 8.85. The van der Waals surface area contributed by atoms with Crippen LogP contribution in [-0.4, -0.2) is 0 Å². The van der Waals surface area contributed by atoms with E-state index in [2.05, 4.69) is 18.4 Å². The molecule has 2 rings (SSSR count). The zero-order chi connectivity index (χ0) is 12.8. The molecular weight excluding hydrogens is 240 g/mol. The molecular formula is C15H26N2S. The average molecular weight is 266 g/mol. The Morgan fingerprint density at radius 2 is 2.11 bits per heavy atom. The zero-order valence-electron chi connectivity index (χ0n) is 11.5. The van der Waals surface area contributed by atoms with E-state index in [1.165, 1.54) is 62.7 Å². The predicted octanol–water partition coefficient (Wildman–Crippen LogP) is 4.10. The normalized spacial score (nSPS) is 17.2. The van der Waals surface area contributed by atoms with Gasteiger partial charge in [0.2, 0.25) is 0 Å². The van der Waals surface area contributed by atoms with Gasteiger partial charge in [-0.15, -0.1) is 11.3 Å². The van der Waals surface area contributed by atoms with Crippen molar-refractivity contribution in [1.82, 2.24) is 5.43 Å². The molecule has 0 aromatic carbocycles. The minimum absolute atomic E-state index is 0.369. The lowest BCUT2D eigenvalue weighted by Gasteiger charge is -2.13. The molecule has 1 aliphatic carbocycles. The van der Waals surface area contributed by atoms with Crippen LogP contribution in [0.5, 0.6) is 0 Å². The van der Waals surface area contributed by atoms with Crippen molar-refractivity contribution in [2.75, 3.05) is 0 Å². The summed E-state index contributed by atoms with van der Waals surface area (Å²) in [6.45, 7) is 2.25. The molecule has 0 saturated heterocycles. The number of hydrogen-bond donors (Lipinski definition) is 2. The molecule has 102 valence electrons. The lowest BCUT2D eigenvalue weighted by atomic mass is 10.1. The molecule has 0 bridgehead atoms. The second-order valence-corrected chi connectivity index (χ2v) is 6.54. The number of thiophene rings is 1. The van der Waals surface area contributed by atoms with Gasteiger partial charge in [0.05, 0.1) is 6.04 Å². The van der Waals surface area contributed by atoms with Crippen LogP contribution in [0.15, 0.2) is 6.07 Å². The molecule has 0 radical (unpaired) electrons. The van der Waals surface area contributed by atoms with E-state index in [-0.39, 0.29) is 0 Å². The van der Waals surface area contributed by atoms with Crippen LogP contribution in [0.25, 0.3) is 0 Å². The molecule has 0 spiro atoms. The molecule has 3 N–H and O–H groups in total. The summed E-state index contributed by atoms with van der Waals surface area (Å²) >= 11 is 2.00. The summed E-state index contributed by atoms with van der Waals surface area (Å²) in [6, 6.07) is 2.79. The van der Waals surface area contributed by atoms with Crippen LogP contribution < -0.4 is 11.3 Å². The van der Waals surface area contributed by atoms with Crippen molar-refractivity contribution in [2.24, 2.45) is 5.84 Å². The first kappa shape index (κ1) is 14.0. The molecule has 2 nitrogen and oxygen atoms in total. The summed E-state index contributed by atoms with van der Waals surface area (Å²) in [7, 11) is 0. The molecule has 0 aliphatic heterocycles. The molecule has 3 heteroatoms. The molecule has 0 fully saturated rings. The highest BCUT2D eigenvalue weighted by atomic mass is 32.1. The maximum absolute atomic E-state index is 5.73. The number of fused-ring (bicyclic) bond motifs is 1. The summed E-state index contributed by atoms with van der Waals surface area (Å²) in [4.78, 5) is 3.08. The Bertz CT molecular complexity index is 336. The number of aryl methyl sites for hydroxylation is 2. The van der Waals surface area contributed by atoms with Gasteiger partial charge in [-0.1, -0.05) is 32.6 Å². The third-order valence-corrected chi connectivity index (χ3v) is 5.26. The Labute approximate surface area is 115 Å². The van der Waals surface area contributed by atoms with Crippen molar-refractivity contribution in [3.05, 3.63) is 21.4 Å². The number of nitrogens with two attached hydrogens (primary N) is 1. The van der Waals surface area contributed by atoms with Gasteiger partial charge in [0.15, 0.2) is 0 Å². The highest BCUT2D eigenvalue weighted by molar-refractivity contribution is 7.12. The first-order valence-corrected chi connectivity index (χ1v) is 8.24. The third-order valence-electron chi connectivity index (χ3n) is 3.91.